The largest absolute Gasteiger partial charge is 0.493 e. The Morgan fingerprint density at radius 3 is 2.11 bits per heavy atom. The Labute approximate surface area is 224 Å². The quantitative estimate of drug-likeness (QED) is 0.272. The third-order valence-corrected chi connectivity index (χ3v) is 7.94. The summed E-state index contributed by atoms with van der Waals surface area (Å²) in [6.45, 7) is 26.1. The molecule has 2 saturated carbocycles. The molecule has 2 aliphatic carbocycles. The minimum absolute atomic E-state index is 0.437. The van der Waals surface area contributed by atoms with E-state index in [0.717, 1.165) is 35.5 Å². The standard InChI is InChI=1S/C21H33NO.C11H18.C2H6/c1-6-16-9-8-10-17(20(16)23-7-2)15-22-19-13-11-18(12-14-19)21(3,4)5;1-4-10(3)11-7-5-9(2)6-8-11;1-2/h8-10,15,18-19H,6-7,11-14H2,1-5H3;4,9,11H,1,3,5-8H2,2H3;1-2H3. The molecule has 1 aromatic rings. The van der Waals surface area contributed by atoms with Gasteiger partial charge < -0.3 is 4.74 Å². The molecule has 3 rings (SSSR count). The molecule has 0 aromatic heterocycles. The minimum atomic E-state index is 0.437. The van der Waals surface area contributed by atoms with Crippen LogP contribution < -0.4 is 4.74 Å². The van der Waals surface area contributed by atoms with Crippen LogP contribution in [0.25, 0.3) is 0 Å². The first kappa shape index (κ1) is 32.2. The van der Waals surface area contributed by atoms with Gasteiger partial charge in [-0.15, -0.1) is 0 Å². The van der Waals surface area contributed by atoms with Gasteiger partial charge in [-0.2, -0.15) is 0 Å². The van der Waals surface area contributed by atoms with Gasteiger partial charge in [0.25, 0.3) is 0 Å². The molecule has 0 aliphatic heterocycles. The van der Waals surface area contributed by atoms with Gasteiger partial charge in [0.15, 0.2) is 0 Å². The molecule has 1 aromatic carbocycles. The number of rotatable bonds is 7. The van der Waals surface area contributed by atoms with E-state index in [2.05, 4.69) is 66.0 Å². The van der Waals surface area contributed by atoms with E-state index < -0.39 is 0 Å². The van der Waals surface area contributed by atoms with Crippen LogP contribution >= 0.6 is 0 Å². The lowest BCUT2D eigenvalue weighted by Crippen LogP contribution is -2.27. The number of ether oxygens (including phenoxy) is 1. The molecule has 0 heterocycles. The molecular formula is C34H57NO. The summed E-state index contributed by atoms with van der Waals surface area (Å²) in [5.41, 5.74) is 4.08. The van der Waals surface area contributed by atoms with Gasteiger partial charge in [0.2, 0.25) is 0 Å². The number of aryl methyl sites for hydroxylation is 1. The second kappa shape index (κ2) is 16.8. The lowest BCUT2D eigenvalue weighted by molar-refractivity contribution is 0.170. The molecule has 2 nitrogen and oxygen atoms in total. The number of benzene rings is 1. The number of nitrogens with zero attached hydrogens (tertiary/aromatic N) is 1. The zero-order valence-electron chi connectivity index (χ0n) is 25.0. The van der Waals surface area contributed by atoms with Crippen molar-refractivity contribution >= 4 is 6.21 Å². The zero-order valence-corrected chi connectivity index (χ0v) is 25.0. The summed E-state index contributed by atoms with van der Waals surface area (Å²) in [4.78, 5) is 4.88. The van der Waals surface area contributed by atoms with E-state index >= 15 is 0 Å². The summed E-state index contributed by atoms with van der Waals surface area (Å²) in [6, 6.07) is 6.86. The van der Waals surface area contributed by atoms with E-state index in [1.54, 1.807) is 0 Å². The van der Waals surface area contributed by atoms with Crippen molar-refractivity contribution in [3.05, 3.63) is 54.1 Å². The van der Waals surface area contributed by atoms with Crippen molar-refractivity contribution in [2.75, 3.05) is 6.61 Å². The van der Waals surface area contributed by atoms with Crippen LogP contribution in [0.4, 0.5) is 0 Å². The van der Waals surface area contributed by atoms with Crippen LogP contribution in [-0.4, -0.2) is 18.9 Å². The molecule has 204 valence electrons. The van der Waals surface area contributed by atoms with Crippen molar-refractivity contribution in [3.63, 3.8) is 0 Å². The lowest BCUT2D eigenvalue weighted by atomic mass is 9.71. The summed E-state index contributed by atoms with van der Waals surface area (Å²) in [6.07, 6.45) is 15.4. The first-order valence-corrected chi connectivity index (χ1v) is 14.8. The molecule has 2 fully saturated rings. The molecule has 0 N–H and O–H groups in total. The third kappa shape index (κ3) is 10.7. The molecule has 0 bridgehead atoms. The Balaban J connectivity index is 0.000000417. The Morgan fingerprint density at radius 1 is 1.00 bits per heavy atom. The van der Waals surface area contributed by atoms with E-state index in [1.165, 1.54) is 62.5 Å². The molecule has 0 spiro atoms. The van der Waals surface area contributed by atoms with Crippen LogP contribution in [0.2, 0.25) is 0 Å². The third-order valence-electron chi connectivity index (χ3n) is 7.94. The molecular weight excluding hydrogens is 438 g/mol. The van der Waals surface area contributed by atoms with E-state index in [1.807, 2.05) is 33.1 Å². The van der Waals surface area contributed by atoms with Crippen molar-refractivity contribution in [2.24, 2.45) is 28.2 Å². The van der Waals surface area contributed by atoms with Crippen molar-refractivity contribution in [2.45, 2.75) is 119 Å². The van der Waals surface area contributed by atoms with Crippen molar-refractivity contribution < 1.29 is 4.74 Å². The Hall–Kier alpha value is -1.83. The fourth-order valence-electron chi connectivity index (χ4n) is 5.38. The number of aliphatic imine (C=N–C) groups is 1. The van der Waals surface area contributed by atoms with Gasteiger partial charge in [-0.3, -0.25) is 4.99 Å². The first-order valence-electron chi connectivity index (χ1n) is 14.8. The highest BCUT2D eigenvalue weighted by atomic mass is 16.5. The number of hydrogen-bond donors (Lipinski definition) is 0. The highest BCUT2D eigenvalue weighted by Crippen LogP contribution is 2.38. The molecule has 0 amide bonds. The number of allylic oxidation sites excluding steroid dienone is 2. The highest BCUT2D eigenvalue weighted by molar-refractivity contribution is 5.84. The molecule has 0 radical (unpaired) electrons. The average Bonchev–Trinajstić information content (AvgIpc) is 2.89. The zero-order chi connectivity index (χ0) is 27.1. The van der Waals surface area contributed by atoms with E-state index in [0.29, 0.717) is 18.1 Å². The van der Waals surface area contributed by atoms with Crippen LogP contribution in [0.3, 0.4) is 0 Å². The second-order valence-corrected chi connectivity index (χ2v) is 11.5. The van der Waals surface area contributed by atoms with Gasteiger partial charge in [-0.05, 0) is 86.7 Å². The Morgan fingerprint density at radius 2 is 1.61 bits per heavy atom. The number of para-hydroxylation sites is 1. The van der Waals surface area contributed by atoms with E-state index in [4.69, 9.17) is 9.73 Å². The Kier molecular flexibility index (Phi) is 15.0. The monoisotopic (exact) mass is 495 g/mol. The first-order chi connectivity index (χ1) is 17.2. The number of hydrogen-bond acceptors (Lipinski definition) is 2. The van der Waals surface area contributed by atoms with Gasteiger partial charge in [-0.25, -0.2) is 0 Å². The van der Waals surface area contributed by atoms with Gasteiger partial charge in [0.1, 0.15) is 5.75 Å². The van der Waals surface area contributed by atoms with Gasteiger partial charge in [0.05, 0.1) is 6.61 Å². The summed E-state index contributed by atoms with van der Waals surface area (Å²) in [7, 11) is 0. The maximum absolute atomic E-state index is 5.87. The van der Waals surface area contributed by atoms with Crippen molar-refractivity contribution in [3.8, 4) is 5.75 Å². The summed E-state index contributed by atoms with van der Waals surface area (Å²) < 4.78 is 5.87. The van der Waals surface area contributed by atoms with Gasteiger partial charge in [-0.1, -0.05) is 98.2 Å². The topological polar surface area (TPSA) is 21.6 Å². The molecule has 0 saturated heterocycles. The van der Waals surface area contributed by atoms with E-state index in [-0.39, 0.29) is 0 Å². The van der Waals surface area contributed by atoms with Crippen LogP contribution in [-0.2, 0) is 6.42 Å². The SMILES string of the molecule is C=CC(=C)C1CCC(C)CC1.CC.CCOc1c(C=NC2CCC(C(C)(C)C)CC2)cccc1CC. The summed E-state index contributed by atoms with van der Waals surface area (Å²) in [5, 5.41) is 0. The normalized spacial score (nSPS) is 24.1. The highest BCUT2D eigenvalue weighted by Gasteiger charge is 2.29. The lowest BCUT2D eigenvalue weighted by Gasteiger charge is -2.35. The second-order valence-electron chi connectivity index (χ2n) is 11.5. The maximum atomic E-state index is 5.87. The van der Waals surface area contributed by atoms with Crippen LogP contribution in [0.1, 0.15) is 118 Å². The molecule has 0 atom stereocenters. The van der Waals surface area contributed by atoms with Crippen LogP contribution in [0.5, 0.6) is 5.75 Å². The molecule has 0 unspecified atom stereocenters. The van der Waals surface area contributed by atoms with Crippen molar-refractivity contribution in [1.82, 2.24) is 0 Å². The maximum Gasteiger partial charge on any atom is 0.131 e. The predicted molar refractivity (Wildman–Crippen MR) is 162 cm³/mol. The average molecular weight is 496 g/mol. The minimum Gasteiger partial charge on any atom is -0.493 e. The van der Waals surface area contributed by atoms with Crippen LogP contribution in [0.15, 0.2) is 48.0 Å². The summed E-state index contributed by atoms with van der Waals surface area (Å²) >= 11 is 0. The molecule has 2 aliphatic rings. The smallest absolute Gasteiger partial charge is 0.131 e. The Bertz CT molecular complexity index is 784. The molecule has 2 heteroatoms. The van der Waals surface area contributed by atoms with E-state index in [9.17, 15) is 0 Å². The predicted octanol–water partition coefficient (Wildman–Crippen LogP) is 10.3. The van der Waals surface area contributed by atoms with Crippen LogP contribution in [0, 0.1) is 23.2 Å². The fraction of sp³-hybridized carbons (Fsp3) is 0.676. The molecule has 36 heavy (non-hydrogen) atoms. The van der Waals surface area contributed by atoms with Gasteiger partial charge >= 0.3 is 0 Å². The summed E-state index contributed by atoms with van der Waals surface area (Å²) in [5.74, 6) is 3.54. The van der Waals surface area contributed by atoms with Crippen molar-refractivity contribution in [1.29, 1.82) is 0 Å². The van der Waals surface area contributed by atoms with Gasteiger partial charge in [0, 0.05) is 17.8 Å². The fourth-order valence-corrected chi connectivity index (χ4v) is 5.38.